The summed E-state index contributed by atoms with van der Waals surface area (Å²) >= 11 is 0. The fourth-order valence-electron chi connectivity index (χ4n) is 1.79. The maximum absolute atomic E-state index is 13.8. The highest BCUT2D eigenvalue weighted by molar-refractivity contribution is 5.41. The van der Waals surface area contributed by atoms with Crippen molar-refractivity contribution in [1.29, 1.82) is 0 Å². The van der Waals surface area contributed by atoms with Crippen molar-refractivity contribution >= 4 is 0 Å². The highest BCUT2D eigenvalue weighted by Gasteiger charge is 2.14. The van der Waals surface area contributed by atoms with E-state index in [0.29, 0.717) is 16.9 Å². The molecule has 0 aliphatic rings. The van der Waals surface area contributed by atoms with Crippen LogP contribution >= 0.6 is 0 Å². The van der Waals surface area contributed by atoms with Crippen LogP contribution in [0.4, 0.5) is 8.78 Å². The number of nitrogens with two attached hydrogens (primary N) is 1. The zero-order valence-corrected chi connectivity index (χ0v) is 10.8. The molecule has 0 radical (unpaired) electrons. The first kappa shape index (κ1) is 13.5. The number of ether oxygens (including phenoxy) is 1. The Morgan fingerprint density at radius 2 is 1.84 bits per heavy atom. The Bertz CT molecular complexity index is 597. The lowest BCUT2D eigenvalue weighted by Crippen LogP contribution is -2.07. The zero-order chi connectivity index (χ0) is 14.0. The molecule has 0 fully saturated rings. The maximum Gasteiger partial charge on any atom is 0.167 e. The van der Waals surface area contributed by atoms with E-state index in [2.05, 4.69) is 0 Å². The SMILES string of the molecule is Cc1cc(Oc2c(F)cccc2[C@H](C)N)ccc1F. The van der Waals surface area contributed by atoms with Crippen LogP contribution in [0.3, 0.4) is 0 Å². The topological polar surface area (TPSA) is 35.2 Å². The van der Waals surface area contributed by atoms with Gasteiger partial charge in [-0.1, -0.05) is 12.1 Å². The smallest absolute Gasteiger partial charge is 0.167 e. The molecule has 0 aromatic heterocycles. The summed E-state index contributed by atoms with van der Waals surface area (Å²) in [4.78, 5) is 0. The number of benzene rings is 2. The fourth-order valence-corrected chi connectivity index (χ4v) is 1.79. The first-order valence-electron chi connectivity index (χ1n) is 5.97. The van der Waals surface area contributed by atoms with Crippen molar-refractivity contribution in [1.82, 2.24) is 0 Å². The minimum absolute atomic E-state index is 0.0866. The lowest BCUT2D eigenvalue weighted by atomic mass is 10.1. The molecule has 2 rings (SSSR count). The predicted octanol–water partition coefficient (Wildman–Crippen LogP) is 4.09. The Kier molecular flexibility index (Phi) is 3.81. The summed E-state index contributed by atoms with van der Waals surface area (Å²) in [6.07, 6.45) is 0. The molecule has 0 amide bonds. The normalized spacial score (nSPS) is 12.3. The Morgan fingerprint density at radius 1 is 1.11 bits per heavy atom. The quantitative estimate of drug-likeness (QED) is 0.905. The monoisotopic (exact) mass is 263 g/mol. The average molecular weight is 263 g/mol. The van der Waals surface area contributed by atoms with Crippen LogP contribution in [-0.4, -0.2) is 0 Å². The molecule has 0 bridgehead atoms. The molecule has 19 heavy (non-hydrogen) atoms. The lowest BCUT2D eigenvalue weighted by Gasteiger charge is -2.14. The predicted molar refractivity (Wildman–Crippen MR) is 70.2 cm³/mol. The van der Waals surface area contributed by atoms with E-state index in [1.807, 2.05) is 0 Å². The molecule has 0 saturated carbocycles. The van der Waals surface area contributed by atoms with Gasteiger partial charge in [0, 0.05) is 11.6 Å². The van der Waals surface area contributed by atoms with Gasteiger partial charge in [0.05, 0.1) is 0 Å². The summed E-state index contributed by atoms with van der Waals surface area (Å²) < 4.78 is 32.5. The third kappa shape index (κ3) is 2.90. The van der Waals surface area contributed by atoms with Crippen molar-refractivity contribution < 1.29 is 13.5 Å². The van der Waals surface area contributed by atoms with Gasteiger partial charge in [-0.15, -0.1) is 0 Å². The van der Waals surface area contributed by atoms with E-state index < -0.39 is 5.82 Å². The lowest BCUT2D eigenvalue weighted by molar-refractivity contribution is 0.431. The molecule has 4 heteroatoms. The third-order valence-corrected chi connectivity index (χ3v) is 2.84. The van der Waals surface area contributed by atoms with Crippen molar-refractivity contribution in [3.8, 4) is 11.5 Å². The summed E-state index contributed by atoms with van der Waals surface area (Å²) in [6.45, 7) is 3.37. The number of hydrogen-bond donors (Lipinski definition) is 1. The molecule has 2 N–H and O–H groups in total. The molecular formula is C15H15F2NO. The molecule has 0 unspecified atom stereocenters. The van der Waals surface area contributed by atoms with E-state index in [0.717, 1.165) is 0 Å². The largest absolute Gasteiger partial charge is 0.454 e. The van der Waals surface area contributed by atoms with Crippen LogP contribution in [-0.2, 0) is 0 Å². The summed E-state index contributed by atoms with van der Waals surface area (Å²) in [5.74, 6) is -0.348. The highest BCUT2D eigenvalue weighted by Crippen LogP contribution is 2.32. The van der Waals surface area contributed by atoms with Crippen molar-refractivity contribution in [3.63, 3.8) is 0 Å². The van der Waals surface area contributed by atoms with E-state index in [4.69, 9.17) is 10.5 Å². The van der Waals surface area contributed by atoms with Crippen molar-refractivity contribution in [2.24, 2.45) is 5.73 Å². The van der Waals surface area contributed by atoms with Gasteiger partial charge in [-0.25, -0.2) is 8.78 Å². The van der Waals surface area contributed by atoms with E-state index >= 15 is 0 Å². The summed E-state index contributed by atoms with van der Waals surface area (Å²) in [6, 6.07) is 8.50. The van der Waals surface area contributed by atoms with Crippen LogP contribution in [0.25, 0.3) is 0 Å². The molecule has 0 aliphatic heterocycles. The molecule has 2 aromatic carbocycles. The number of hydrogen-bond acceptors (Lipinski definition) is 2. The molecule has 0 heterocycles. The maximum atomic E-state index is 13.8. The second-order valence-electron chi connectivity index (χ2n) is 4.46. The van der Waals surface area contributed by atoms with Gasteiger partial charge in [0.2, 0.25) is 0 Å². The second-order valence-corrected chi connectivity index (χ2v) is 4.46. The molecule has 2 nitrogen and oxygen atoms in total. The number of rotatable bonds is 3. The summed E-state index contributed by atoms with van der Waals surface area (Å²) in [5, 5.41) is 0. The number of halogens is 2. The standard InChI is InChI=1S/C15H15F2NO/c1-9-8-11(6-7-13(9)16)19-15-12(10(2)18)4-3-5-14(15)17/h3-8,10H,18H2,1-2H3/t10-/m0/s1. The first-order valence-corrected chi connectivity index (χ1v) is 5.97. The number of aryl methyl sites for hydroxylation is 1. The van der Waals surface area contributed by atoms with Gasteiger partial charge in [0.1, 0.15) is 11.6 Å². The summed E-state index contributed by atoms with van der Waals surface area (Å²) in [7, 11) is 0. The van der Waals surface area contributed by atoms with Crippen molar-refractivity contribution in [2.45, 2.75) is 19.9 Å². The minimum atomic E-state index is -0.489. The van der Waals surface area contributed by atoms with Gasteiger partial charge in [-0.05, 0) is 43.7 Å². The summed E-state index contributed by atoms with van der Waals surface area (Å²) in [5.41, 5.74) is 6.80. The Hall–Kier alpha value is -1.94. The van der Waals surface area contributed by atoms with Crippen LogP contribution in [0.15, 0.2) is 36.4 Å². The van der Waals surface area contributed by atoms with Crippen molar-refractivity contribution in [3.05, 3.63) is 59.2 Å². The van der Waals surface area contributed by atoms with Crippen molar-refractivity contribution in [2.75, 3.05) is 0 Å². The van der Waals surface area contributed by atoms with Gasteiger partial charge in [0.15, 0.2) is 11.6 Å². The second kappa shape index (κ2) is 5.36. The molecule has 1 atom stereocenters. The molecule has 0 spiro atoms. The zero-order valence-electron chi connectivity index (χ0n) is 10.8. The first-order chi connectivity index (χ1) is 8.99. The van der Waals surface area contributed by atoms with E-state index in [-0.39, 0.29) is 17.6 Å². The van der Waals surface area contributed by atoms with Crippen LogP contribution < -0.4 is 10.5 Å². The molecular weight excluding hydrogens is 248 g/mol. The molecule has 2 aromatic rings. The molecule has 0 saturated heterocycles. The number of para-hydroxylation sites is 1. The van der Waals surface area contributed by atoms with Crippen LogP contribution in [0.1, 0.15) is 24.1 Å². The Balaban J connectivity index is 2.40. The Morgan fingerprint density at radius 3 is 2.47 bits per heavy atom. The van der Waals surface area contributed by atoms with E-state index in [1.54, 1.807) is 26.0 Å². The van der Waals surface area contributed by atoms with E-state index in [9.17, 15) is 8.78 Å². The Labute approximate surface area is 110 Å². The van der Waals surface area contributed by atoms with Crippen LogP contribution in [0.5, 0.6) is 11.5 Å². The van der Waals surface area contributed by atoms with Gasteiger partial charge in [-0.3, -0.25) is 0 Å². The van der Waals surface area contributed by atoms with Gasteiger partial charge < -0.3 is 10.5 Å². The highest BCUT2D eigenvalue weighted by atomic mass is 19.1. The average Bonchev–Trinajstić information content (AvgIpc) is 2.36. The van der Waals surface area contributed by atoms with Gasteiger partial charge in [0.25, 0.3) is 0 Å². The van der Waals surface area contributed by atoms with Gasteiger partial charge in [-0.2, -0.15) is 0 Å². The third-order valence-electron chi connectivity index (χ3n) is 2.84. The molecule has 0 aliphatic carbocycles. The fraction of sp³-hybridized carbons (Fsp3) is 0.200. The van der Waals surface area contributed by atoms with Crippen LogP contribution in [0, 0.1) is 18.6 Å². The van der Waals surface area contributed by atoms with E-state index in [1.165, 1.54) is 24.3 Å². The van der Waals surface area contributed by atoms with Gasteiger partial charge >= 0.3 is 0 Å². The van der Waals surface area contributed by atoms with Crippen LogP contribution in [0.2, 0.25) is 0 Å². The molecule has 100 valence electrons. The minimum Gasteiger partial charge on any atom is -0.454 e.